The molecule has 0 aliphatic rings. The number of ether oxygens (including phenoxy) is 1. The predicted octanol–water partition coefficient (Wildman–Crippen LogP) is 1.50. The minimum absolute atomic E-state index is 0. The third-order valence-corrected chi connectivity index (χ3v) is 2.48. The van der Waals surface area contributed by atoms with Crippen LogP contribution in [-0.4, -0.2) is 25.0 Å². The van der Waals surface area contributed by atoms with E-state index in [1.807, 2.05) is 12.1 Å². The van der Waals surface area contributed by atoms with Crippen LogP contribution in [0.2, 0.25) is 0 Å². The van der Waals surface area contributed by atoms with Crippen molar-refractivity contribution in [3.05, 3.63) is 29.8 Å². The Balaban J connectivity index is 0.00000324. The molecule has 0 fully saturated rings. The number of esters is 1. The van der Waals surface area contributed by atoms with E-state index in [2.05, 4.69) is 10.1 Å². The molecule has 0 aromatic heterocycles. The predicted molar refractivity (Wildman–Crippen MR) is 76.3 cm³/mol. The molecule has 0 radical (unpaired) electrons. The van der Waals surface area contributed by atoms with E-state index in [0.29, 0.717) is 18.5 Å². The van der Waals surface area contributed by atoms with E-state index in [9.17, 15) is 9.59 Å². The minimum Gasteiger partial charge on any atom is -0.469 e. The SMILES string of the molecule is COC(=O)CCc1ccc(NC(=O)[C@H](C)N)cc1.Cl. The van der Waals surface area contributed by atoms with Gasteiger partial charge < -0.3 is 15.8 Å². The Morgan fingerprint density at radius 1 is 1.32 bits per heavy atom. The summed E-state index contributed by atoms with van der Waals surface area (Å²) in [6, 6.07) is 6.75. The Kier molecular flexibility index (Phi) is 7.79. The molecule has 19 heavy (non-hydrogen) atoms. The van der Waals surface area contributed by atoms with Crippen LogP contribution in [0.4, 0.5) is 5.69 Å². The zero-order valence-electron chi connectivity index (χ0n) is 11.0. The average Bonchev–Trinajstić information content (AvgIpc) is 2.37. The van der Waals surface area contributed by atoms with Crippen LogP contribution < -0.4 is 11.1 Å². The van der Waals surface area contributed by atoms with Crippen LogP contribution in [0.1, 0.15) is 18.9 Å². The smallest absolute Gasteiger partial charge is 0.305 e. The number of rotatable bonds is 5. The van der Waals surface area contributed by atoms with Gasteiger partial charge >= 0.3 is 5.97 Å². The number of halogens is 1. The van der Waals surface area contributed by atoms with Gasteiger partial charge in [0, 0.05) is 12.1 Å². The number of amides is 1. The van der Waals surface area contributed by atoms with Gasteiger partial charge in [0.15, 0.2) is 0 Å². The lowest BCUT2D eigenvalue weighted by molar-refractivity contribution is -0.140. The standard InChI is InChI=1S/C13H18N2O3.ClH/c1-9(14)13(17)15-11-6-3-10(4-7-11)5-8-12(16)18-2;/h3-4,6-7,9H,5,8,14H2,1-2H3,(H,15,17);1H/t9-;/m0./s1. The first-order valence-corrected chi connectivity index (χ1v) is 5.75. The summed E-state index contributed by atoms with van der Waals surface area (Å²) in [6.45, 7) is 1.63. The Morgan fingerprint density at radius 2 is 1.89 bits per heavy atom. The van der Waals surface area contributed by atoms with Crippen molar-refractivity contribution in [2.75, 3.05) is 12.4 Å². The van der Waals surface area contributed by atoms with E-state index < -0.39 is 6.04 Å². The number of anilines is 1. The molecule has 0 spiro atoms. The van der Waals surface area contributed by atoms with Crippen molar-refractivity contribution in [1.82, 2.24) is 0 Å². The van der Waals surface area contributed by atoms with Crippen molar-refractivity contribution in [2.45, 2.75) is 25.8 Å². The molecule has 5 nitrogen and oxygen atoms in total. The van der Waals surface area contributed by atoms with E-state index in [-0.39, 0.29) is 24.3 Å². The summed E-state index contributed by atoms with van der Waals surface area (Å²) in [7, 11) is 1.37. The first-order chi connectivity index (χ1) is 8.52. The highest BCUT2D eigenvalue weighted by atomic mass is 35.5. The van der Waals surface area contributed by atoms with Crippen LogP contribution >= 0.6 is 12.4 Å². The molecule has 0 unspecified atom stereocenters. The highest BCUT2D eigenvalue weighted by molar-refractivity contribution is 5.94. The zero-order valence-corrected chi connectivity index (χ0v) is 11.8. The first kappa shape index (κ1) is 17.4. The highest BCUT2D eigenvalue weighted by Gasteiger charge is 2.07. The molecule has 1 rings (SSSR count). The van der Waals surface area contributed by atoms with Crippen LogP contribution in [0.3, 0.4) is 0 Å². The molecule has 0 aliphatic carbocycles. The molecule has 3 N–H and O–H groups in total. The number of nitrogens with one attached hydrogen (secondary N) is 1. The summed E-state index contributed by atoms with van der Waals surface area (Å²) in [5, 5.41) is 2.69. The number of nitrogens with two attached hydrogens (primary N) is 1. The molecule has 1 aromatic rings. The van der Waals surface area contributed by atoms with Crippen LogP contribution in [0.15, 0.2) is 24.3 Å². The summed E-state index contributed by atoms with van der Waals surface area (Å²) >= 11 is 0. The lowest BCUT2D eigenvalue weighted by atomic mass is 10.1. The summed E-state index contributed by atoms with van der Waals surface area (Å²) < 4.78 is 4.56. The molecular weight excluding hydrogens is 268 g/mol. The van der Waals surface area contributed by atoms with Gasteiger partial charge in [-0.25, -0.2) is 0 Å². The first-order valence-electron chi connectivity index (χ1n) is 5.75. The molecule has 106 valence electrons. The second-order valence-corrected chi connectivity index (χ2v) is 4.05. The van der Waals surface area contributed by atoms with Crippen molar-refractivity contribution < 1.29 is 14.3 Å². The number of hydrogen-bond acceptors (Lipinski definition) is 4. The van der Waals surface area contributed by atoms with Crippen molar-refractivity contribution in [3.8, 4) is 0 Å². The highest BCUT2D eigenvalue weighted by Crippen LogP contribution is 2.11. The third-order valence-electron chi connectivity index (χ3n) is 2.48. The summed E-state index contributed by atoms with van der Waals surface area (Å²) in [5.74, 6) is -0.457. The van der Waals surface area contributed by atoms with E-state index in [1.165, 1.54) is 7.11 Å². The molecule has 1 aromatic carbocycles. The molecule has 1 atom stereocenters. The van der Waals surface area contributed by atoms with Gasteiger partial charge in [-0.3, -0.25) is 9.59 Å². The largest absolute Gasteiger partial charge is 0.469 e. The van der Waals surface area contributed by atoms with Gasteiger partial charge in [0.2, 0.25) is 5.91 Å². The van der Waals surface area contributed by atoms with Crippen LogP contribution in [0.5, 0.6) is 0 Å². The van der Waals surface area contributed by atoms with Crippen molar-refractivity contribution >= 4 is 30.0 Å². The minimum atomic E-state index is -0.538. The fourth-order valence-electron chi connectivity index (χ4n) is 1.36. The molecule has 0 heterocycles. The maximum Gasteiger partial charge on any atom is 0.305 e. The van der Waals surface area contributed by atoms with Gasteiger partial charge in [0.25, 0.3) is 0 Å². The fraction of sp³-hybridized carbons (Fsp3) is 0.385. The van der Waals surface area contributed by atoms with Gasteiger partial charge in [0.05, 0.1) is 13.2 Å². The Bertz CT molecular complexity index is 418. The molecular formula is C13H19ClN2O3. The van der Waals surface area contributed by atoms with Crippen molar-refractivity contribution in [1.29, 1.82) is 0 Å². The van der Waals surface area contributed by atoms with Crippen molar-refractivity contribution in [2.24, 2.45) is 5.73 Å². The van der Waals surface area contributed by atoms with E-state index in [1.54, 1.807) is 19.1 Å². The quantitative estimate of drug-likeness (QED) is 0.804. The number of carbonyl (C=O) groups excluding carboxylic acids is 2. The van der Waals surface area contributed by atoms with Gasteiger partial charge in [-0.15, -0.1) is 12.4 Å². The van der Waals surface area contributed by atoms with Crippen LogP contribution in [0.25, 0.3) is 0 Å². The Labute approximate surface area is 118 Å². The fourth-order valence-corrected chi connectivity index (χ4v) is 1.36. The maximum atomic E-state index is 11.4. The maximum absolute atomic E-state index is 11.4. The Morgan fingerprint density at radius 3 is 2.37 bits per heavy atom. The second kappa shape index (κ2) is 8.50. The Hall–Kier alpha value is -1.59. The summed E-state index contributed by atoms with van der Waals surface area (Å²) in [5.41, 5.74) is 7.15. The topological polar surface area (TPSA) is 81.4 Å². The lowest BCUT2D eigenvalue weighted by Crippen LogP contribution is -2.32. The van der Waals surface area contributed by atoms with E-state index in [4.69, 9.17) is 5.73 Å². The van der Waals surface area contributed by atoms with Crippen LogP contribution in [0, 0.1) is 0 Å². The van der Waals surface area contributed by atoms with E-state index in [0.717, 1.165) is 5.56 Å². The number of hydrogen-bond donors (Lipinski definition) is 2. The summed E-state index contributed by atoms with van der Waals surface area (Å²) in [4.78, 5) is 22.3. The number of carbonyl (C=O) groups is 2. The molecule has 0 saturated carbocycles. The molecule has 6 heteroatoms. The van der Waals surface area contributed by atoms with E-state index >= 15 is 0 Å². The van der Waals surface area contributed by atoms with Gasteiger partial charge in [0.1, 0.15) is 0 Å². The number of methoxy groups -OCH3 is 1. The van der Waals surface area contributed by atoms with Crippen molar-refractivity contribution in [3.63, 3.8) is 0 Å². The average molecular weight is 287 g/mol. The summed E-state index contributed by atoms with van der Waals surface area (Å²) in [6.07, 6.45) is 0.968. The zero-order chi connectivity index (χ0) is 13.5. The number of aryl methyl sites for hydroxylation is 1. The van der Waals surface area contributed by atoms with Gasteiger partial charge in [-0.1, -0.05) is 12.1 Å². The van der Waals surface area contributed by atoms with Gasteiger partial charge in [-0.05, 0) is 31.0 Å². The monoisotopic (exact) mass is 286 g/mol. The lowest BCUT2D eigenvalue weighted by Gasteiger charge is -2.08. The molecule has 0 bridgehead atoms. The van der Waals surface area contributed by atoms with Crippen LogP contribution in [-0.2, 0) is 20.7 Å². The normalized spacial score (nSPS) is 11.1. The molecule has 0 saturated heterocycles. The van der Waals surface area contributed by atoms with Gasteiger partial charge in [-0.2, -0.15) is 0 Å². The third kappa shape index (κ3) is 6.22. The molecule has 0 aliphatic heterocycles. The second-order valence-electron chi connectivity index (χ2n) is 4.05. The number of benzene rings is 1. The molecule has 1 amide bonds.